The molecule has 7 heteroatoms. The number of rotatable bonds is 5. The molecule has 1 unspecified atom stereocenters. The summed E-state index contributed by atoms with van der Waals surface area (Å²) in [5.41, 5.74) is 1.24. The smallest absolute Gasteiger partial charge is 0.158 e. The Balaban J connectivity index is 1.72. The van der Waals surface area contributed by atoms with Gasteiger partial charge in [-0.2, -0.15) is 5.10 Å². The van der Waals surface area contributed by atoms with Crippen LogP contribution in [-0.2, 0) is 20.3 Å². The van der Waals surface area contributed by atoms with Crippen LogP contribution in [0.25, 0.3) is 5.69 Å². The van der Waals surface area contributed by atoms with Crippen molar-refractivity contribution in [3.05, 3.63) is 47.2 Å². The Morgan fingerprint density at radius 1 is 1.32 bits per heavy atom. The molecule has 1 aromatic heterocycles. The zero-order chi connectivity index (χ0) is 15.6. The van der Waals surface area contributed by atoms with E-state index in [1.54, 1.807) is 23.0 Å². The number of sulfone groups is 1. The number of benzene rings is 1. The van der Waals surface area contributed by atoms with Gasteiger partial charge in [-0.3, -0.25) is 0 Å². The number of para-hydroxylation sites is 1. The average molecular weight is 341 g/mol. The second kappa shape index (κ2) is 6.40. The van der Waals surface area contributed by atoms with Gasteiger partial charge >= 0.3 is 0 Å². The highest BCUT2D eigenvalue weighted by Gasteiger charge is 2.24. The fourth-order valence-corrected chi connectivity index (χ4v) is 4.33. The number of hydrogen-bond donors (Lipinski definition) is 0. The lowest BCUT2D eigenvalue weighted by Crippen LogP contribution is -2.21. The van der Waals surface area contributed by atoms with E-state index >= 15 is 0 Å². The minimum atomic E-state index is -3.23. The van der Waals surface area contributed by atoms with Crippen LogP contribution >= 0.6 is 11.6 Å². The average Bonchev–Trinajstić information content (AvgIpc) is 3.10. The molecule has 1 aliphatic rings. The van der Waals surface area contributed by atoms with Gasteiger partial charge in [-0.05, 0) is 31.0 Å². The molecule has 0 N–H and O–H groups in total. The molecule has 0 saturated carbocycles. The van der Waals surface area contributed by atoms with Gasteiger partial charge in [0.25, 0.3) is 0 Å². The molecule has 0 spiro atoms. The van der Waals surface area contributed by atoms with Crippen molar-refractivity contribution in [1.29, 1.82) is 0 Å². The van der Waals surface area contributed by atoms with Gasteiger partial charge in [-0.25, -0.2) is 13.1 Å². The lowest BCUT2D eigenvalue weighted by atomic mass is 10.3. The first kappa shape index (κ1) is 15.5. The summed E-state index contributed by atoms with van der Waals surface area (Å²) in [4.78, 5) is 0. The van der Waals surface area contributed by atoms with Gasteiger partial charge in [0.1, 0.15) is 0 Å². The molecule has 1 aliphatic heterocycles. The predicted octanol–water partition coefficient (Wildman–Crippen LogP) is 2.62. The number of nitrogens with zero attached hydrogens (tertiary/aromatic N) is 2. The largest absolute Gasteiger partial charge is 0.377 e. The van der Waals surface area contributed by atoms with E-state index in [4.69, 9.17) is 16.3 Å². The minimum Gasteiger partial charge on any atom is -0.377 e. The summed E-state index contributed by atoms with van der Waals surface area (Å²) < 4.78 is 31.4. The fraction of sp³-hybridized carbons (Fsp3) is 0.400. The fourth-order valence-electron chi connectivity index (χ4n) is 2.55. The van der Waals surface area contributed by atoms with Crippen molar-refractivity contribution in [1.82, 2.24) is 9.78 Å². The summed E-state index contributed by atoms with van der Waals surface area (Å²) in [6.07, 6.45) is 3.29. The second-order valence-corrected chi connectivity index (χ2v) is 7.91. The van der Waals surface area contributed by atoms with E-state index in [1.807, 2.05) is 18.2 Å². The van der Waals surface area contributed by atoms with Crippen molar-refractivity contribution in [3.8, 4) is 5.69 Å². The highest BCUT2D eigenvalue weighted by Crippen LogP contribution is 2.20. The van der Waals surface area contributed by atoms with Gasteiger partial charge in [0, 0.05) is 12.8 Å². The van der Waals surface area contributed by atoms with Crippen LogP contribution in [0, 0.1) is 0 Å². The van der Waals surface area contributed by atoms with Crippen molar-refractivity contribution in [3.63, 3.8) is 0 Å². The topological polar surface area (TPSA) is 61.2 Å². The van der Waals surface area contributed by atoms with Crippen molar-refractivity contribution >= 4 is 21.4 Å². The highest BCUT2D eigenvalue weighted by atomic mass is 35.5. The molecule has 0 amide bonds. The van der Waals surface area contributed by atoms with Crippen LogP contribution in [0.3, 0.4) is 0 Å². The molecule has 1 aromatic carbocycles. The van der Waals surface area contributed by atoms with E-state index in [2.05, 4.69) is 5.10 Å². The van der Waals surface area contributed by atoms with Crippen molar-refractivity contribution < 1.29 is 13.2 Å². The number of hydrogen-bond acceptors (Lipinski definition) is 4. The van der Waals surface area contributed by atoms with Crippen molar-refractivity contribution in [2.24, 2.45) is 0 Å². The highest BCUT2D eigenvalue weighted by molar-refractivity contribution is 7.90. The molecule has 0 radical (unpaired) electrons. The van der Waals surface area contributed by atoms with Crippen LogP contribution < -0.4 is 0 Å². The summed E-state index contributed by atoms with van der Waals surface area (Å²) in [5, 5.41) is 4.88. The van der Waals surface area contributed by atoms with E-state index in [1.165, 1.54) is 0 Å². The van der Waals surface area contributed by atoms with E-state index in [9.17, 15) is 8.42 Å². The number of aromatic nitrogens is 2. The number of ether oxygens (including phenoxy) is 1. The zero-order valence-corrected chi connectivity index (χ0v) is 13.6. The quantitative estimate of drug-likeness (QED) is 0.839. The first-order chi connectivity index (χ1) is 10.5. The third kappa shape index (κ3) is 3.69. The predicted molar refractivity (Wildman–Crippen MR) is 85.0 cm³/mol. The summed E-state index contributed by atoms with van der Waals surface area (Å²) in [5.74, 6) is -0.0176. The zero-order valence-electron chi connectivity index (χ0n) is 12.0. The van der Waals surface area contributed by atoms with Crippen LogP contribution in [0.1, 0.15) is 18.5 Å². The molecule has 1 atom stereocenters. The Morgan fingerprint density at radius 3 is 2.86 bits per heavy atom. The molecule has 118 valence electrons. The molecule has 2 aromatic rings. The van der Waals surface area contributed by atoms with Gasteiger partial charge in [-0.15, -0.1) is 0 Å². The van der Waals surface area contributed by atoms with Crippen LogP contribution in [0.5, 0.6) is 0 Å². The lowest BCUT2D eigenvalue weighted by Gasteiger charge is -2.09. The molecular formula is C15H17ClN2O3S. The Bertz CT molecular complexity index is 752. The van der Waals surface area contributed by atoms with E-state index in [0.29, 0.717) is 17.3 Å². The molecule has 5 nitrogen and oxygen atoms in total. The van der Waals surface area contributed by atoms with E-state index in [0.717, 1.165) is 18.5 Å². The van der Waals surface area contributed by atoms with E-state index < -0.39 is 9.84 Å². The molecular weight excluding hydrogens is 324 g/mol. The second-order valence-electron chi connectivity index (χ2n) is 5.39. The summed E-state index contributed by atoms with van der Waals surface area (Å²) in [6, 6.07) is 9.00. The van der Waals surface area contributed by atoms with Gasteiger partial charge in [0.05, 0.1) is 34.0 Å². The molecule has 2 heterocycles. The van der Waals surface area contributed by atoms with Gasteiger partial charge < -0.3 is 4.74 Å². The summed E-state index contributed by atoms with van der Waals surface area (Å²) in [6.45, 7) is 0.654. The molecule has 1 saturated heterocycles. The summed E-state index contributed by atoms with van der Waals surface area (Å²) in [7, 11) is -3.23. The Kier molecular flexibility index (Phi) is 4.52. The van der Waals surface area contributed by atoms with E-state index in [-0.39, 0.29) is 17.6 Å². The van der Waals surface area contributed by atoms with Gasteiger partial charge in [0.2, 0.25) is 0 Å². The first-order valence-corrected chi connectivity index (χ1v) is 9.35. The number of halogens is 1. The van der Waals surface area contributed by atoms with Gasteiger partial charge in [0.15, 0.2) is 9.84 Å². The maximum absolute atomic E-state index is 12.2. The third-order valence-corrected chi connectivity index (χ3v) is 5.51. The minimum absolute atomic E-state index is 0.0615. The third-order valence-electron chi connectivity index (χ3n) is 3.58. The standard InChI is InChI=1S/C15H17ClN2O3S/c16-14-5-1-2-6-15(14)18-8-7-12(17-18)10-22(19,20)11-13-4-3-9-21-13/h1-2,5-8,13H,3-4,9-11H2. The SMILES string of the molecule is O=S(=O)(Cc1ccn(-c2ccccc2Cl)n1)CC1CCCO1. The van der Waals surface area contributed by atoms with Gasteiger partial charge in [-0.1, -0.05) is 23.7 Å². The maximum atomic E-state index is 12.2. The Morgan fingerprint density at radius 2 is 2.14 bits per heavy atom. The molecule has 3 rings (SSSR count). The van der Waals surface area contributed by atoms with Crippen LogP contribution in [-0.4, -0.2) is 36.7 Å². The molecule has 22 heavy (non-hydrogen) atoms. The van der Waals surface area contributed by atoms with Crippen LogP contribution in [0.4, 0.5) is 0 Å². The Hall–Kier alpha value is -1.37. The summed E-state index contributed by atoms with van der Waals surface area (Å²) >= 11 is 6.12. The van der Waals surface area contributed by atoms with Crippen molar-refractivity contribution in [2.75, 3.05) is 12.4 Å². The van der Waals surface area contributed by atoms with Crippen LogP contribution in [0.15, 0.2) is 36.5 Å². The van der Waals surface area contributed by atoms with Crippen molar-refractivity contribution in [2.45, 2.75) is 24.7 Å². The lowest BCUT2D eigenvalue weighted by molar-refractivity contribution is 0.127. The normalized spacial score (nSPS) is 18.7. The van der Waals surface area contributed by atoms with Crippen LogP contribution in [0.2, 0.25) is 5.02 Å². The molecule has 0 aliphatic carbocycles. The maximum Gasteiger partial charge on any atom is 0.158 e. The molecule has 1 fully saturated rings. The Labute approximate surface area is 134 Å². The first-order valence-electron chi connectivity index (χ1n) is 7.15. The monoisotopic (exact) mass is 340 g/mol. The molecule has 0 bridgehead atoms.